The molecule has 0 radical (unpaired) electrons. The fourth-order valence-electron chi connectivity index (χ4n) is 0.565. The summed E-state index contributed by atoms with van der Waals surface area (Å²) >= 11 is 0. The zero-order valence-electron chi connectivity index (χ0n) is 6.07. The number of aliphatic hydroxyl groups is 4. The molecule has 0 saturated carbocycles. The van der Waals surface area contributed by atoms with E-state index in [0.717, 1.165) is 0 Å². The molecule has 0 aliphatic heterocycles. The molecule has 0 spiro atoms. The molecular formula is C6H10O6. The third kappa shape index (κ3) is 2.67. The second kappa shape index (κ2) is 4.94. The van der Waals surface area contributed by atoms with Gasteiger partial charge >= 0.3 is 0 Å². The van der Waals surface area contributed by atoms with Crippen molar-refractivity contribution in [3.63, 3.8) is 0 Å². The smallest absolute Gasteiger partial charge is 0.151 e. The van der Waals surface area contributed by atoms with E-state index in [1.165, 1.54) is 0 Å². The molecule has 0 rings (SSSR count). The van der Waals surface area contributed by atoms with Crippen LogP contribution in [0.25, 0.3) is 0 Å². The molecule has 0 aromatic heterocycles. The summed E-state index contributed by atoms with van der Waals surface area (Å²) in [4.78, 5) is 19.7. The van der Waals surface area contributed by atoms with E-state index in [1.54, 1.807) is 0 Å². The number of hydrogen-bond donors (Lipinski definition) is 4. The van der Waals surface area contributed by atoms with Crippen LogP contribution in [0.5, 0.6) is 0 Å². The molecule has 0 bridgehead atoms. The fraction of sp³-hybridized carbons (Fsp3) is 0.667. The maximum absolute atomic E-state index is 9.87. The van der Waals surface area contributed by atoms with Gasteiger partial charge in [0, 0.05) is 0 Å². The summed E-state index contributed by atoms with van der Waals surface area (Å²) in [5.41, 5.74) is 0. The summed E-state index contributed by atoms with van der Waals surface area (Å²) in [6, 6.07) is 0. The van der Waals surface area contributed by atoms with Gasteiger partial charge in [-0.05, 0) is 0 Å². The maximum Gasteiger partial charge on any atom is 0.151 e. The molecule has 0 saturated heterocycles. The van der Waals surface area contributed by atoms with Crippen molar-refractivity contribution in [2.24, 2.45) is 0 Å². The lowest BCUT2D eigenvalue weighted by Gasteiger charge is -2.20. The lowest BCUT2D eigenvalue weighted by Crippen LogP contribution is -2.45. The first-order valence-electron chi connectivity index (χ1n) is 3.17. The van der Waals surface area contributed by atoms with Gasteiger partial charge in [0.25, 0.3) is 0 Å². The van der Waals surface area contributed by atoms with Crippen molar-refractivity contribution in [2.45, 2.75) is 24.4 Å². The Kier molecular flexibility index (Phi) is 4.60. The van der Waals surface area contributed by atoms with Gasteiger partial charge in [0.1, 0.15) is 24.4 Å². The molecule has 0 heterocycles. The van der Waals surface area contributed by atoms with Gasteiger partial charge in [-0.3, -0.25) is 0 Å². The van der Waals surface area contributed by atoms with E-state index >= 15 is 0 Å². The predicted molar refractivity (Wildman–Crippen MR) is 36.2 cm³/mol. The third-order valence-electron chi connectivity index (χ3n) is 1.33. The predicted octanol–water partition coefficient (Wildman–Crippen LogP) is -3.17. The van der Waals surface area contributed by atoms with Crippen LogP contribution in [0.15, 0.2) is 0 Å². The average Bonchev–Trinajstić information content (AvgIpc) is 2.12. The molecule has 6 heteroatoms. The second-order valence-corrected chi connectivity index (χ2v) is 2.23. The van der Waals surface area contributed by atoms with Crippen LogP contribution in [-0.4, -0.2) is 57.4 Å². The lowest BCUT2D eigenvalue weighted by molar-refractivity contribution is -0.140. The lowest BCUT2D eigenvalue weighted by atomic mass is 10.1. The number of aliphatic hydroxyl groups excluding tert-OH is 4. The minimum atomic E-state index is -1.86. The molecule has 0 aliphatic carbocycles. The van der Waals surface area contributed by atoms with Gasteiger partial charge < -0.3 is 30.0 Å². The number of rotatable bonds is 5. The molecule has 0 aliphatic rings. The Balaban J connectivity index is 4.16. The van der Waals surface area contributed by atoms with Crippen molar-refractivity contribution < 1.29 is 30.0 Å². The highest BCUT2D eigenvalue weighted by molar-refractivity contribution is 5.59. The zero-order valence-corrected chi connectivity index (χ0v) is 6.07. The van der Waals surface area contributed by atoms with Gasteiger partial charge in [-0.25, -0.2) is 0 Å². The van der Waals surface area contributed by atoms with Crippen LogP contribution < -0.4 is 0 Å². The largest absolute Gasteiger partial charge is 0.387 e. The van der Waals surface area contributed by atoms with Crippen molar-refractivity contribution >= 4 is 12.6 Å². The van der Waals surface area contributed by atoms with Crippen LogP contribution in [0.4, 0.5) is 0 Å². The van der Waals surface area contributed by atoms with Crippen LogP contribution in [0, 0.1) is 0 Å². The zero-order chi connectivity index (χ0) is 9.72. The summed E-state index contributed by atoms with van der Waals surface area (Å²) < 4.78 is 0. The number of carbonyl (C=O) groups is 2. The van der Waals surface area contributed by atoms with Crippen molar-refractivity contribution in [1.29, 1.82) is 0 Å². The van der Waals surface area contributed by atoms with E-state index in [2.05, 4.69) is 0 Å². The highest BCUT2D eigenvalue weighted by atomic mass is 16.4. The van der Waals surface area contributed by atoms with Crippen LogP contribution in [0.2, 0.25) is 0 Å². The molecule has 0 amide bonds. The molecule has 4 atom stereocenters. The van der Waals surface area contributed by atoms with Crippen molar-refractivity contribution in [2.75, 3.05) is 0 Å². The second-order valence-electron chi connectivity index (χ2n) is 2.23. The first-order chi connectivity index (χ1) is 5.54. The summed E-state index contributed by atoms with van der Waals surface area (Å²) in [6.07, 6.45) is -7.36. The number of aldehydes is 2. The Labute approximate surface area is 68.1 Å². The number of carbonyl (C=O) groups excluding carboxylic acids is 2. The summed E-state index contributed by atoms with van der Waals surface area (Å²) in [5.74, 6) is 0. The Bertz CT molecular complexity index is 140. The van der Waals surface area contributed by atoms with Gasteiger partial charge in [-0.15, -0.1) is 0 Å². The van der Waals surface area contributed by atoms with Crippen LogP contribution in [0.1, 0.15) is 0 Å². The van der Waals surface area contributed by atoms with Gasteiger partial charge in [-0.2, -0.15) is 0 Å². The quantitative estimate of drug-likeness (QED) is 0.330. The van der Waals surface area contributed by atoms with Crippen LogP contribution in [0.3, 0.4) is 0 Å². The van der Waals surface area contributed by atoms with Gasteiger partial charge in [-0.1, -0.05) is 0 Å². The van der Waals surface area contributed by atoms with E-state index in [1.807, 2.05) is 0 Å². The highest BCUT2D eigenvalue weighted by Crippen LogP contribution is 2.01. The topological polar surface area (TPSA) is 115 Å². The first-order valence-corrected chi connectivity index (χ1v) is 3.17. The van der Waals surface area contributed by atoms with Crippen molar-refractivity contribution in [3.05, 3.63) is 0 Å². The summed E-state index contributed by atoms with van der Waals surface area (Å²) in [7, 11) is 0. The average molecular weight is 178 g/mol. The molecular weight excluding hydrogens is 168 g/mol. The van der Waals surface area contributed by atoms with Gasteiger partial charge in [0.15, 0.2) is 12.6 Å². The normalized spacial score (nSPS) is 20.7. The van der Waals surface area contributed by atoms with E-state index in [9.17, 15) is 9.59 Å². The molecule has 0 aromatic carbocycles. The first kappa shape index (κ1) is 11.2. The summed E-state index contributed by atoms with van der Waals surface area (Å²) in [6.45, 7) is 0. The molecule has 0 aromatic rings. The molecule has 70 valence electrons. The van der Waals surface area contributed by atoms with Gasteiger partial charge in [0.05, 0.1) is 0 Å². The fourth-order valence-corrected chi connectivity index (χ4v) is 0.565. The van der Waals surface area contributed by atoms with Gasteiger partial charge in [0.2, 0.25) is 0 Å². The Hall–Kier alpha value is -0.820. The standard InChI is InChI=1S/C6H10O6/c7-1-3(9)5(11)6(12)4(10)2-8/h1-6,9-12H/t3-,4+,5+,6-. The van der Waals surface area contributed by atoms with Crippen LogP contribution >= 0.6 is 0 Å². The number of hydrogen-bond acceptors (Lipinski definition) is 6. The van der Waals surface area contributed by atoms with E-state index in [0.29, 0.717) is 0 Å². The monoisotopic (exact) mass is 178 g/mol. The third-order valence-corrected chi connectivity index (χ3v) is 1.33. The SMILES string of the molecule is O=C[C@@H](O)[C@H](O)[C@H](O)[C@@H](O)C=O. The minimum absolute atomic E-state index is 0.00852. The van der Waals surface area contributed by atoms with E-state index < -0.39 is 24.4 Å². The van der Waals surface area contributed by atoms with E-state index in [4.69, 9.17) is 20.4 Å². The highest BCUT2D eigenvalue weighted by Gasteiger charge is 2.29. The molecule has 0 fully saturated rings. The molecule has 12 heavy (non-hydrogen) atoms. The minimum Gasteiger partial charge on any atom is -0.387 e. The van der Waals surface area contributed by atoms with Crippen molar-refractivity contribution in [3.8, 4) is 0 Å². The molecule has 6 nitrogen and oxygen atoms in total. The molecule has 4 N–H and O–H groups in total. The Morgan fingerprint density at radius 1 is 0.750 bits per heavy atom. The maximum atomic E-state index is 9.87. The van der Waals surface area contributed by atoms with Crippen LogP contribution in [-0.2, 0) is 9.59 Å². The van der Waals surface area contributed by atoms with E-state index in [-0.39, 0.29) is 12.6 Å². The summed E-state index contributed by atoms with van der Waals surface area (Å²) in [5, 5.41) is 34.9. The molecule has 0 unspecified atom stereocenters. The van der Waals surface area contributed by atoms with Crippen molar-refractivity contribution in [1.82, 2.24) is 0 Å². The Morgan fingerprint density at radius 2 is 1.00 bits per heavy atom. The Morgan fingerprint density at radius 3 is 1.17 bits per heavy atom.